The molecule has 0 aromatic heterocycles. The van der Waals surface area contributed by atoms with E-state index in [-0.39, 0.29) is 29.4 Å². The van der Waals surface area contributed by atoms with Crippen molar-refractivity contribution in [2.75, 3.05) is 26.2 Å². The molecule has 0 N–H and O–H groups in total. The van der Waals surface area contributed by atoms with Gasteiger partial charge < -0.3 is 0 Å². The lowest BCUT2D eigenvalue weighted by atomic mass is 10.1. The number of sulfonamides is 1. The van der Waals surface area contributed by atoms with Gasteiger partial charge in [-0.15, -0.1) is 0 Å². The monoisotopic (exact) mass is 434 g/mol. The van der Waals surface area contributed by atoms with Gasteiger partial charge >= 0.3 is 0 Å². The molecule has 3 rings (SSSR count). The van der Waals surface area contributed by atoms with Crippen LogP contribution in [0.3, 0.4) is 0 Å². The van der Waals surface area contributed by atoms with Crippen molar-refractivity contribution in [1.29, 1.82) is 0 Å². The summed E-state index contributed by atoms with van der Waals surface area (Å²) < 4.78 is 27.4. The Labute approximate surface area is 174 Å². The van der Waals surface area contributed by atoms with Crippen LogP contribution in [0.4, 0.5) is 11.4 Å². The second-order valence-electron chi connectivity index (χ2n) is 7.21. The maximum Gasteiger partial charge on any atom is 0.272 e. The number of nitrogens with zero attached hydrogens (tertiary/aromatic N) is 4. The maximum absolute atomic E-state index is 13.0. The van der Waals surface area contributed by atoms with Crippen molar-refractivity contribution in [3.8, 4) is 0 Å². The molecule has 2 aromatic rings. The third-order valence-electron chi connectivity index (χ3n) is 5.34. The zero-order valence-corrected chi connectivity index (χ0v) is 17.5. The highest BCUT2D eigenvalue weighted by Crippen LogP contribution is 2.27. The van der Waals surface area contributed by atoms with Crippen LogP contribution in [0.25, 0.3) is 0 Å². The number of hydrogen-bond donors (Lipinski definition) is 0. The molecule has 1 heterocycles. The van der Waals surface area contributed by atoms with E-state index < -0.39 is 19.9 Å². The molecule has 0 saturated carbocycles. The second-order valence-corrected chi connectivity index (χ2v) is 9.11. The molecule has 1 aliphatic rings. The van der Waals surface area contributed by atoms with Gasteiger partial charge in [0, 0.05) is 56.5 Å². The van der Waals surface area contributed by atoms with Gasteiger partial charge in [-0.05, 0) is 25.0 Å². The molecule has 0 radical (unpaired) electrons. The van der Waals surface area contributed by atoms with E-state index in [2.05, 4.69) is 0 Å². The van der Waals surface area contributed by atoms with E-state index in [1.807, 2.05) is 11.0 Å². The van der Waals surface area contributed by atoms with Crippen molar-refractivity contribution < 1.29 is 18.3 Å². The number of nitro groups is 2. The van der Waals surface area contributed by atoms with Crippen LogP contribution in [0.15, 0.2) is 41.3 Å². The number of benzene rings is 2. The second kappa shape index (κ2) is 8.46. The fourth-order valence-electron chi connectivity index (χ4n) is 3.53. The Bertz CT molecular complexity index is 1090. The maximum atomic E-state index is 13.0. The van der Waals surface area contributed by atoms with Crippen LogP contribution in [0, 0.1) is 34.1 Å². The van der Waals surface area contributed by atoms with Gasteiger partial charge in [0.1, 0.15) is 0 Å². The highest BCUT2D eigenvalue weighted by molar-refractivity contribution is 7.89. The van der Waals surface area contributed by atoms with Crippen LogP contribution in [0.5, 0.6) is 0 Å². The highest BCUT2D eigenvalue weighted by atomic mass is 32.2. The first-order chi connectivity index (χ1) is 14.1. The van der Waals surface area contributed by atoms with E-state index in [4.69, 9.17) is 0 Å². The normalized spacial score (nSPS) is 15.8. The van der Waals surface area contributed by atoms with Gasteiger partial charge in [-0.2, -0.15) is 4.31 Å². The molecule has 2 aromatic carbocycles. The van der Waals surface area contributed by atoms with E-state index in [0.29, 0.717) is 30.8 Å². The van der Waals surface area contributed by atoms with Crippen molar-refractivity contribution >= 4 is 21.4 Å². The summed E-state index contributed by atoms with van der Waals surface area (Å²) in [4.78, 5) is 23.1. The predicted molar refractivity (Wildman–Crippen MR) is 110 cm³/mol. The fraction of sp³-hybridized carbons (Fsp3) is 0.368. The summed E-state index contributed by atoms with van der Waals surface area (Å²) in [5.41, 5.74) is 1.68. The number of nitro benzene ring substituents is 2. The molecule has 11 heteroatoms. The minimum absolute atomic E-state index is 0.0559. The van der Waals surface area contributed by atoms with Crippen LogP contribution in [0.2, 0.25) is 0 Å². The van der Waals surface area contributed by atoms with Gasteiger partial charge in [-0.25, -0.2) is 8.42 Å². The SMILES string of the molecule is Cc1ccc([N+](=O)[O-])cc1S(=O)(=O)N1CCN(Cc2cccc([N+](=O)[O-])c2C)CC1. The molecule has 0 amide bonds. The van der Waals surface area contributed by atoms with Crippen molar-refractivity contribution in [2.45, 2.75) is 25.3 Å². The Hall–Kier alpha value is -2.89. The van der Waals surface area contributed by atoms with Crippen LogP contribution in [0.1, 0.15) is 16.7 Å². The molecule has 1 aliphatic heterocycles. The molecular weight excluding hydrogens is 412 g/mol. The van der Waals surface area contributed by atoms with Crippen LogP contribution < -0.4 is 0 Å². The Kier molecular flexibility index (Phi) is 6.15. The smallest absolute Gasteiger partial charge is 0.272 e. The quantitative estimate of drug-likeness (QED) is 0.505. The Morgan fingerprint density at radius 1 is 0.967 bits per heavy atom. The van der Waals surface area contributed by atoms with Gasteiger partial charge in [-0.1, -0.05) is 18.2 Å². The summed E-state index contributed by atoms with van der Waals surface area (Å²) in [6.07, 6.45) is 0. The lowest BCUT2D eigenvalue weighted by Crippen LogP contribution is -2.48. The molecule has 0 aliphatic carbocycles. The number of non-ortho nitro benzene ring substituents is 1. The summed E-state index contributed by atoms with van der Waals surface area (Å²) >= 11 is 0. The Morgan fingerprint density at radius 2 is 1.63 bits per heavy atom. The van der Waals surface area contributed by atoms with Crippen LogP contribution in [-0.4, -0.2) is 53.6 Å². The van der Waals surface area contributed by atoms with E-state index in [9.17, 15) is 28.6 Å². The van der Waals surface area contributed by atoms with E-state index in [1.165, 1.54) is 22.5 Å². The third-order valence-corrected chi connectivity index (χ3v) is 7.38. The minimum Gasteiger partial charge on any atom is -0.296 e. The Balaban J connectivity index is 1.73. The summed E-state index contributed by atoms with van der Waals surface area (Å²) in [6, 6.07) is 8.76. The molecule has 30 heavy (non-hydrogen) atoms. The third kappa shape index (κ3) is 4.32. The van der Waals surface area contributed by atoms with Gasteiger partial charge in [0.25, 0.3) is 11.4 Å². The molecule has 1 fully saturated rings. The first-order valence-electron chi connectivity index (χ1n) is 9.31. The zero-order chi connectivity index (χ0) is 22.1. The molecule has 10 nitrogen and oxygen atoms in total. The Morgan fingerprint density at radius 3 is 2.23 bits per heavy atom. The van der Waals surface area contributed by atoms with Crippen molar-refractivity contribution in [1.82, 2.24) is 9.21 Å². The van der Waals surface area contributed by atoms with Gasteiger partial charge in [0.15, 0.2) is 0 Å². The lowest BCUT2D eigenvalue weighted by molar-refractivity contribution is -0.385. The molecular formula is C19H22N4O6S. The van der Waals surface area contributed by atoms with Crippen molar-refractivity contribution in [3.63, 3.8) is 0 Å². The van der Waals surface area contributed by atoms with E-state index >= 15 is 0 Å². The summed E-state index contributed by atoms with van der Waals surface area (Å²) in [7, 11) is -3.86. The van der Waals surface area contributed by atoms with Crippen molar-refractivity contribution in [2.24, 2.45) is 0 Å². The molecule has 0 bridgehead atoms. The van der Waals surface area contributed by atoms with Crippen LogP contribution >= 0.6 is 0 Å². The van der Waals surface area contributed by atoms with E-state index in [1.54, 1.807) is 19.9 Å². The first-order valence-corrected chi connectivity index (χ1v) is 10.8. The molecule has 0 unspecified atom stereocenters. The number of piperazine rings is 1. The van der Waals surface area contributed by atoms with Gasteiger partial charge in [-0.3, -0.25) is 25.1 Å². The highest BCUT2D eigenvalue weighted by Gasteiger charge is 2.31. The van der Waals surface area contributed by atoms with Gasteiger partial charge in [0.2, 0.25) is 10.0 Å². The van der Waals surface area contributed by atoms with E-state index in [0.717, 1.165) is 11.6 Å². The predicted octanol–water partition coefficient (Wildman–Crippen LogP) is 2.63. The topological polar surface area (TPSA) is 127 Å². The number of rotatable bonds is 6. The summed E-state index contributed by atoms with van der Waals surface area (Å²) in [6.45, 7) is 5.18. The first kappa shape index (κ1) is 21.8. The van der Waals surface area contributed by atoms with Crippen molar-refractivity contribution in [3.05, 3.63) is 73.3 Å². The standard InChI is InChI=1S/C19H22N4O6S/c1-14-6-7-17(22(24)25)12-19(14)30(28,29)21-10-8-20(9-11-21)13-16-4-3-5-18(15(16)2)23(26)27/h3-7,12H,8-11,13H2,1-2H3. The zero-order valence-electron chi connectivity index (χ0n) is 16.6. The van der Waals surface area contributed by atoms with Crippen LogP contribution in [-0.2, 0) is 16.6 Å². The molecule has 1 saturated heterocycles. The molecule has 160 valence electrons. The minimum atomic E-state index is -3.86. The number of hydrogen-bond acceptors (Lipinski definition) is 7. The van der Waals surface area contributed by atoms with Gasteiger partial charge in [0.05, 0.1) is 14.7 Å². The lowest BCUT2D eigenvalue weighted by Gasteiger charge is -2.34. The number of aryl methyl sites for hydroxylation is 1. The fourth-order valence-corrected chi connectivity index (χ4v) is 5.19. The molecule has 0 spiro atoms. The summed E-state index contributed by atoms with van der Waals surface area (Å²) in [5.74, 6) is 0. The largest absolute Gasteiger partial charge is 0.296 e. The average Bonchev–Trinajstić information content (AvgIpc) is 2.69. The average molecular weight is 434 g/mol. The molecule has 0 atom stereocenters. The summed E-state index contributed by atoms with van der Waals surface area (Å²) in [5, 5.41) is 22.2.